The second-order valence-corrected chi connectivity index (χ2v) is 6.65. The molecule has 1 saturated heterocycles. The summed E-state index contributed by atoms with van der Waals surface area (Å²) in [6.07, 6.45) is 0. The Kier molecular flexibility index (Phi) is 8.98. The second-order valence-electron chi connectivity index (χ2n) is 6.65. The molecule has 0 amide bonds. The largest absolute Gasteiger partial charge is 0.378 e. The molecule has 0 atom stereocenters. The number of benzene rings is 2. The number of hydrogen-bond donors (Lipinski definition) is 1. The van der Waals surface area contributed by atoms with Crippen molar-refractivity contribution in [3.63, 3.8) is 0 Å². The zero-order valence-corrected chi connectivity index (χ0v) is 18.7. The Hall–Kier alpha value is -1.87. The van der Waals surface area contributed by atoms with Crippen molar-refractivity contribution in [3.8, 4) is 0 Å². The highest BCUT2D eigenvalue weighted by Crippen LogP contribution is 2.16. The number of guanidine groups is 1. The molecule has 152 valence electrons. The molecule has 2 aromatic carbocycles. The van der Waals surface area contributed by atoms with E-state index < -0.39 is 0 Å². The number of nitrogens with zero attached hydrogens (tertiary/aromatic N) is 3. The minimum absolute atomic E-state index is 0. The number of halogens is 2. The lowest BCUT2D eigenvalue weighted by Crippen LogP contribution is -2.38. The van der Waals surface area contributed by atoms with Gasteiger partial charge in [-0.15, -0.1) is 24.0 Å². The van der Waals surface area contributed by atoms with E-state index in [0.717, 1.165) is 37.8 Å². The van der Waals surface area contributed by atoms with Crippen LogP contribution in [-0.4, -0.2) is 51.3 Å². The van der Waals surface area contributed by atoms with Crippen molar-refractivity contribution in [1.29, 1.82) is 0 Å². The normalized spacial score (nSPS) is 14.4. The van der Waals surface area contributed by atoms with Crippen molar-refractivity contribution in [3.05, 3.63) is 65.5 Å². The van der Waals surface area contributed by atoms with Crippen molar-refractivity contribution in [1.82, 2.24) is 10.2 Å². The number of nitrogens with one attached hydrogen (secondary N) is 1. The van der Waals surface area contributed by atoms with Crippen LogP contribution in [0.1, 0.15) is 11.1 Å². The fourth-order valence-electron chi connectivity index (χ4n) is 3.15. The molecule has 28 heavy (non-hydrogen) atoms. The van der Waals surface area contributed by atoms with Gasteiger partial charge in [-0.25, -0.2) is 4.39 Å². The first kappa shape index (κ1) is 22.4. The van der Waals surface area contributed by atoms with Crippen LogP contribution in [-0.2, 0) is 17.8 Å². The summed E-state index contributed by atoms with van der Waals surface area (Å²) in [7, 11) is 3.74. The van der Waals surface area contributed by atoms with Crippen LogP contribution in [0.5, 0.6) is 0 Å². The highest BCUT2D eigenvalue weighted by Gasteiger charge is 2.11. The predicted octanol–water partition coefficient (Wildman–Crippen LogP) is 3.49. The van der Waals surface area contributed by atoms with Gasteiger partial charge in [0.15, 0.2) is 5.96 Å². The van der Waals surface area contributed by atoms with Gasteiger partial charge in [-0.1, -0.05) is 24.3 Å². The molecule has 1 heterocycles. The highest BCUT2D eigenvalue weighted by atomic mass is 127. The van der Waals surface area contributed by atoms with Crippen LogP contribution in [0.4, 0.5) is 10.1 Å². The molecule has 0 bridgehead atoms. The molecule has 7 heteroatoms. The smallest absolute Gasteiger partial charge is 0.193 e. The first-order valence-corrected chi connectivity index (χ1v) is 9.23. The van der Waals surface area contributed by atoms with Crippen LogP contribution in [0.25, 0.3) is 0 Å². The van der Waals surface area contributed by atoms with Crippen LogP contribution in [0.2, 0.25) is 0 Å². The Balaban J connectivity index is 0.00000280. The van der Waals surface area contributed by atoms with Gasteiger partial charge in [-0.3, -0.25) is 4.99 Å². The number of morpholine rings is 1. The van der Waals surface area contributed by atoms with Crippen LogP contribution in [0.3, 0.4) is 0 Å². The molecule has 5 nitrogen and oxygen atoms in total. The summed E-state index contributed by atoms with van der Waals surface area (Å²) < 4.78 is 18.5. The zero-order valence-electron chi connectivity index (χ0n) is 16.4. The van der Waals surface area contributed by atoms with Gasteiger partial charge in [-0.05, 0) is 35.4 Å². The SMILES string of the molecule is CN=C(NCc1ccc(N2CCOCC2)cc1)N(C)Cc1ccc(F)cc1.I. The second kappa shape index (κ2) is 11.2. The van der Waals surface area contributed by atoms with E-state index in [1.165, 1.54) is 23.4 Å². The number of aliphatic imine (C=N–C) groups is 1. The van der Waals surface area contributed by atoms with E-state index in [1.807, 2.05) is 11.9 Å². The minimum atomic E-state index is -0.218. The monoisotopic (exact) mass is 498 g/mol. The summed E-state index contributed by atoms with van der Waals surface area (Å²) in [5.41, 5.74) is 3.47. The number of ether oxygens (including phenoxy) is 1. The third kappa shape index (κ3) is 6.34. The van der Waals surface area contributed by atoms with Crippen LogP contribution < -0.4 is 10.2 Å². The van der Waals surface area contributed by atoms with E-state index in [4.69, 9.17) is 4.74 Å². The summed E-state index contributed by atoms with van der Waals surface area (Å²) >= 11 is 0. The van der Waals surface area contributed by atoms with E-state index in [2.05, 4.69) is 39.5 Å². The standard InChI is InChI=1S/C21H27FN4O.HI/c1-23-21(25(2)16-18-3-7-19(22)8-4-18)24-15-17-5-9-20(10-6-17)26-11-13-27-14-12-26;/h3-10H,11-16H2,1-2H3,(H,23,24);1H. The maximum atomic E-state index is 13.0. The summed E-state index contributed by atoms with van der Waals surface area (Å²) in [5, 5.41) is 3.38. The third-order valence-corrected chi connectivity index (χ3v) is 4.67. The van der Waals surface area contributed by atoms with Gasteiger partial charge >= 0.3 is 0 Å². The third-order valence-electron chi connectivity index (χ3n) is 4.67. The average Bonchev–Trinajstić information content (AvgIpc) is 2.71. The van der Waals surface area contributed by atoms with E-state index in [0.29, 0.717) is 13.1 Å². The number of hydrogen-bond acceptors (Lipinski definition) is 3. The van der Waals surface area contributed by atoms with Crippen LogP contribution in [0, 0.1) is 5.82 Å². The first-order chi connectivity index (χ1) is 13.2. The van der Waals surface area contributed by atoms with Gasteiger partial charge < -0.3 is 19.9 Å². The molecule has 0 aromatic heterocycles. The Bertz CT molecular complexity index is 746. The lowest BCUT2D eigenvalue weighted by molar-refractivity contribution is 0.122. The summed E-state index contributed by atoms with van der Waals surface area (Å²) in [4.78, 5) is 8.71. The molecule has 0 radical (unpaired) electrons. The molecule has 1 N–H and O–H groups in total. The van der Waals surface area contributed by atoms with E-state index in [1.54, 1.807) is 19.2 Å². The molecule has 1 aliphatic rings. The zero-order chi connectivity index (χ0) is 19.1. The van der Waals surface area contributed by atoms with Crippen molar-refractivity contribution in [2.75, 3.05) is 45.3 Å². The molecule has 3 rings (SSSR count). The van der Waals surface area contributed by atoms with Crippen molar-refractivity contribution >= 4 is 35.6 Å². The molecule has 0 spiro atoms. The van der Waals surface area contributed by atoms with Crippen molar-refractivity contribution in [2.45, 2.75) is 13.1 Å². The van der Waals surface area contributed by atoms with Gasteiger partial charge in [-0.2, -0.15) is 0 Å². The molecule has 2 aromatic rings. The molecule has 0 saturated carbocycles. The van der Waals surface area contributed by atoms with E-state index in [9.17, 15) is 4.39 Å². The molecule has 0 aliphatic carbocycles. The fraction of sp³-hybridized carbons (Fsp3) is 0.381. The number of rotatable bonds is 5. The van der Waals surface area contributed by atoms with Gasteiger partial charge in [0, 0.05) is 46.0 Å². The van der Waals surface area contributed by atoms with Crippen molar-refractivity contribution in [2.24, 2.45) is 4.99 Å². The van der Waals surface area contributed by atoms with Gasteiger partial charge in [0.05, 0.1) is 13.2 Å². The molecular weight excluding hydrogens is 470 g/mol. The first-order valence-electron chi connectivity index (χ1n) is 9.23. The highest BCUT2D eigenvalue weighted by molar-refractivity contribution is 14.0. The Morgan fingerprint density at radius 2 is 1.68 bits per heavy atom. The van der Waals surface area contributed by atoms with Gasteiger partial charge in [0.25, 0.3) is 0 Å². The van der Waals surface area contributed by atoms with E-state index >= 15 is 0 Å². The fourth-order valence-corrected chi connectivity index (χ4v) is 3.15. The number of anilines is 1. The molecule has 1 fully saturated rings. The Morgan fingerprint density at radius 3 is 2.29 bits per heavy atom. The predicted molar refractivity (Wildman–Crippen MR) is 123 cm³/mol. The van der Waals surface area contributed by atoms with Crippen LogP contribution >= 0.6 is 24.0 Å². The average molecular weight is 498 g/mol. The van der Waals surface area contributed by atoms with Crippen LogP contribution in [0.15, 0.2) is 53.5 Å². The molecule has 0 unspecified atom stereocenters. The lowest BCUT2D eigenvalue weighted by Gasteiger charge is -2.29. The van der Waals surface area contributed by atoms with Crippen molar-refractivity contribution < 1.29 is 9.13 Å². The lowest BCUT2D eigenvalue weighted by atomic mass is 10.2. The quantitative estimate of drug-likeness (QED) is 0.390. The summed E-state index contributed by atoms with van der Waals surface area (Å²) in [5.74, 6) is 0.584. The van der Waals surface area contributed by atoms with E-state index in [-0.39, 0.29) is 29.8 Å². The maximum absolute atomic E-state index is 13.0. The van der Waals surface area contributed by atoms with Gasteiger partial charge in [0.1, 0.15) is 5.82 Å². The Morgan fingerprint density at radius 1 is 1.07 bits per heavy atom. The molecular formula is C21H28FIN4O. The maximum Gasteiger partial charge on any atom is 0.193 e. The molecule has 1 aliphatic heterocycles. The Labute approximate surface area is 183 Å². The topological polar surface area (TPSA) is 40.1 Å². The van der Waals surface area contributed by atoms with Gasteiger partial charge in [0.2, 0.25) is 0 Å². The minimum Gasteiger partial charge on any atom is -0.378 e. The summed E-state index contributed by atoms with van der Waals surface area (Å²) in [6.45, 7) is 4.83. The summed E-state index contributed by atoms with van der Waals surface area (Å²) in [6, 6.07) is 15.2.